The summed E-state index contributed by atoms with van der Waals surface area (Å²) in [6.07, 6.45) is 2.04. The van der Waals surface area contributed by atoms with Gasteiger partial charge in [0.25, 0.3) is 0 Å². The van der Waals surface area contributed by atoms with Gasteiger partial charge >= 0.3 is 0 Å². The molecule has 1 unspecified atom stereocenters. The fraction of sp³-hybridized carbons (Fsp3) is 0.800. The van der Waals surface area contributed by atoms with Crippen LogP contribution >= 0.6 is 11.3 Å². The Bertz CT molecular complexity index is 388. The summed E-state index contributed by atoms with van der Waals surface area (Å²) in [5.74, 6) is 0. The molecular weight excluding hydrogens is 256 g/mol. The van der Waals surface area contributed by atoms with Gasteiger partial charge in [-0.05, 0) is 33.1 Å². The highest BCUT2D eigenvalue weighted by Gasteiger charge is 2.29. The molecule has 19 heavy (non-hydrogen) atoms. The minimum Gasteiger partial charge on any atom is -0.371 e. The molecule has 0 aliphatic heterocycles. The molecule has 1 aromatic rings. The number of hydrogen-bond donors (Lipinski definition) is 1. The largest absolute Gasteiger partial charge is 0.371 e. The van der Waals surface area contributed by atoms with E-state index < -0.39 is 0 Å². The average Bonchev–Trinajstić information content (AvgIpc) is 2.68. The Balaban J connectivity index is 2.76. The van der Waals surface area contributed by atoms with Crippen LogP contribution in [-0.4, -0.2) is 17.1 Å². The van der Waals surface area contributed by atoms with Crippen LogP contribution in [0, 0.1) is 5.41 Å². The van der Waals surface area contributed by atoms with Gasteiger partial charge < -0.3 is 10.1 Å². The lowest BCUT2D eigenvalue weighted by Gasteiger charge is -2.28. The van der Waals surface area contributed by atoms with E-state index in [0.29, 0.717) is 0 Å². The molecule has 1 N–H and O–H groups in total. The molecule has 110 valence electrons. The molecule has 0 saturated heterocycles. The fourth-order valence-corrected chi connectivity index (χ4v) is 2.89. The maximum Gasteiger partial charge on any atom is 0.122 e. The third-order valence-electron chi connectivity index (χ3n) is 2.71. The molecule has 0 fully saturated rings. The Morgan fingerprint density at radius 1 is 1.26 bits per heavy atom. The maximum absolute atomic E-state index is 5.88. The van der Waals surface area contributed by atoms with Crippen LogP contribution < -0.4 is 5.32 Å². The van der Waals surface area contributed by atoms with Gasteiger partial charge in [-0.1, -0.05) is 20.8 Å². The van der Waals surface area contributed by atoms with Crippen LogP contribution in [0.25, 0.3) is 0 Å². The van der Waals surface area contributed by atoms with Crippen LogP contribution in [-0.2, 0) is 11.3 Å². The molecule has 1 atom stereocenters. The minimum absolute atomic E-state index is 0.0720. The summed E-state index contributed by atoms with van der Waals surface area (Å²) in [6, 6.07) is 0. The van der Waals surface area contributed by atoms with Crippen LogP contribution in [0.15, 0.2) is 6.20 Å². The zero-order valence-corrected chi connectivity index (χ0v) is 14.1. The maximum atomic E-state index is 5.88. The first-order valence-corrected chi connectivity index (χ1v) is 7.76. The molecule has 0 aliphatic rings. The molecule has 1 aromatic heterocycles. The van der Waals surface area contributed by atoms with Crippen molar-refractivity contribution in [3.63, 3.8) is 0 Å². The van der Waals surface area contributed by atoms with Crippen LogP contribution in [0.5, 0.6) is 0 Å². The standard InChI is InChI=1S/C15H28N2OS/c1-8-18-12(14(2,3)4)13-16-9-11(19-13)10-17-15(5,6)7/h9,12,17H,8,10H2,1-7H3. The number of nitrogens with one attached hydrogen (secondary N) is 1. The zero-order chi connectivity index (χ0) is 14.7. The predicted octanol–water partition coefficient (Wildman–Crippen LogP) is 4.15. The lowest BCUT2D eigenvalue weighted by molar-refractivity contribution is -0.0133. The average molecular weight is 284 g/mol. The van der Waals surface area contributed by atoms with Crippen LogP contribution in [0.2, 0.25) is 0 Å². The van der Waals surface area contributed by atoms with Crippen molar-refractivity contribution < 1.29 is 4.74 Å². The van der Waals surface area contributed by atoms with Crippen LogP contribution in [0.4, 0.5) is 0 Å². The van der Waals surface area contributed by atoms with E-state index in [1.54, 1.807) is 11.3 Å². The second kappa shape index (κ2) is 6.33. The van der Waals surface area contributed by atoms with Gasteiger partial charge in [0.15, 0.2) is 0 Å². The molecule has 0 radical (unpaired) electrons. The Labute approximate surface area is 121 Å². The van der Waals surface area contributed by atoms with Gasteiger partial charge in [-0.2, -0.15) is 0 Å². The van der Waals surface area contributed by atoms with E-state index in [0.717, 1.165) is 18.2 Å². The van der Waals surface area contributed by atoms with Crippen molar-refractivity contribution >= 4 is 11.3 Å². The predicted molar refractivity (Wildman–Crippen MR) is 82.5 cm³/mol. The van der Waals surface area contributed by atoms with E-state index >= 15 is 0 Å². The highest BCUT2D eigenvalue weighted by molar-refractivity contribution is 7.11. The molecule has 1 heterocycles. The Morgan fingerprint density at radius 3 is 2.37 bits per heavy atom. The summed E-state index contributed by atoms with van der Waals surface area (Å²) < 4.78 is 5.88. The second-order valence-electron chi connectivity index (χ2n) is 6.97. The molecule has 0 aromatic carbocycles. The first-order valence-electron chi connectivity index (χ1n) is 6.94. The Morgan fingerprint density at radius 2 is 1.89 bits per heavy atom. The highest BCUT2D eigenvalue weighted by atomic mass is 32.1. The Kier molecular flexibility index (Phi) is 5.53. The molecule has 0 aliphatic carbocycles. The molecule has 1 rings (SSSR count). The smallest absolute Gasteiger partial charge is 0.122 e. The SMILES string of the molecule is CCOC(c1ncc(CNC(C)(C)C)s1)C(C)(C)C. The zero-order valence-electron chi connectivity index (χ0n) is 13.3. The second-order valence-corrected chi connectivity index (χ2v) is 8.12. The number of aromatic nitrogens is 1. The minimum atomic E-state index is 0.0720. The quantitative estimate of drug-likeness (QED) is 0.881. The summed E-state index contributed by atoms with van der Waals surface area (Å²) >= 11 is 1.75. The van der Waals surface area contributed by atoms with Gasteiger partial charge in [-0.15, -0.1) is 11.3 Å². The summed E-state index contributed by atoms with van der Waals surface area (Å²) in [4.78, 5) is 5.82. The summed E-state index contributed by atoms with van der Waals surface area (Å²) in [5.41, 5.74) is 0.204. The number of nitrogens with zero attached hydrogens (tertiary/aromatic N) is 1. The lowest BCUT2D eigenvalue weighted by Crippen LogP contribution is -2.34. The van der Waals surface area contributed by atoms with Crippen molar-refractivity contribution in [1.82, 2.24) is 10.3 Å². The monoisotopic (exact) mass is 284 g/mol. The van der Waals surface area contributed by atoms with E-state index in [4.69, 9.17) is 4.74 Å². The van der Waals surface area contributed by atoms with Crippen molar-refractivity contribution in [2.24, 2.45) is 5.41 Å². The Hall–Kier alpha value is -0.450. The van der Waals surface area contributed by atoms with Crippen molar-refractivity contribution in [3.8, 4) is 0 Å². The summed E-state index contributed by atoms with van der Waals surface area (Å²) in [5, 5.41) is 4.57. The van der Waals surface area contributed by atoms with Gasteiger partial charge in [-0.25, -0.2) is 4.98 Å². The third-order valence-corrected chi connectivity index (χ3v) is 3.75. The van der Waals surface area contributed by atoms with E-state index in [9.17, 15) is 0 Å². The number of thiazole rings is 1. The first-order chi connectivity index (χ1) is 8.63. The molecule has 4 heteroatoms. The fourth-order valence-electron chi connectivity index (χ4n) is 1.74. The molecule has 0 bridgehead atoms. The van der Waals surface area contributed by atoms with Crippen LogP contribution in [0.1, 0.15) is 64.5 Å². The van der Waals surface area contributed by atoms with Crippen molar-refractivity contribution in [2.75, 3.05) is 6.61 Å². The van der Waals surface area contributed by atoms with Gasteiger partial charge in [0.1, 0.15) is 11.1 Å². The number of hydrogen-bond acceptors (Lipinski definition) is 4. The van der Waals surface area contributed by atoms with Crippen LogP contribution in [0.3, 0.4) is 0 Å². The van der Waals surface area contributed by atoms with Gasteiger partial charge in [-0.3, -0.25) is 0 Å². The van der Waals surface area contributed by atoms with Crippen molar-refractivity contribution in [1.29, 1.82) is 0 Å². The van der Waals surface area contributed by atoms with Crippen molar-refractivity contribution in [2.45, 2.75) is 66.7 Å². The topological polar surface area (TPSA) is 34.1 Å². The number of ether oxygens (including phenoxy) is 1. The summed E-state index contributed by atoms with van der Waals surface area (Å²) in [7, 11) is 0. The normalized spacial score (nSPS) is 14.7. The van der Waals surface area contributed by atoms with E-state index in [1.807, 2.05) is 13.1 Å². The molecule has 0 spiro atoms. The molecule has 3 nitrogen and oxygen atoms in total. The van der Waals surface area contributed by atoms with Gasteiger partial charge in [0, 0.05) is 29.8 Å². The van der Waals surface area contributed by atoms with E-state index in [1.165, 1.54) is 4.88 Å². The van der Waals surface area contributed by atoms with E-state index in [-0.39, 0.29) is 17.1 Å². The molecule has 0 amide bonds. The van der Waals surface area contributed by atoms with Gasteiger partial charge in [0.2, 0.25) is 0 Å². The third kappa shape index (κ3) is 5.59. The highest BCUT2D eigenvalue weighted by Crippen LogP contribution is 2.37. The molecule has 0 saturated carbocycles. The number of rotatable bonds is 5. The molecular formula is C15H28N2OS. The van der Waals surface area contributed by atoms with Crippen molar-refractivity contribution in [3.05, 3.63) is 16.1 Å². The van der Waals surface area contributed by atoms with E-state index in [2.05, 4.69) is 51.8 Å². The first kappa shape index (κ1) is 16.6. The summed E-state index contributed by atoms with van der Waals surface area (Å²) in [6.45, 7) is 16.7. The van der Waals surface area contributed by atoms with Gasteiger partial charge in [0.05, 0.1) is 0 Å². The lowest BCUT2D eigenvalue weighted by atomic mass is 9.89.